The van der Waals surface area contributed by atoms with Crippen LogP contribution in [0.4, 0.5) is 31.9 Å². The van der Waals surface area contributed by atoms with Gasteiger partial charge in [-0.15, -0.1) is 5.10 Å². The summed E-state index contributed by atoms with van der Waals surface area (Å²) in [6.45, 7) is 2.41. The van der Waals surface area contributed by atoms with Gasteiger partial charge in [-0.05, 0) is 31.2 Å². The molecule has 0 saturated heterocycles. The molecular formula is C17H15F2N5O. The molecule has 1 heterocycles. The highest BCUT2D eigenvalue weighted by Gasteiger charge is 2.07. The number of anilines is 4. The molecule has 3 aromatic rings. The van der Waals surface area contributed by atoms with E-state index in [4.69, 9.17) is 4.74 Å². The van der Waals surface area contributed by atoms with Crippen LogP contribution in [0.5, 0.6) is 5.75 Å². The second-order valence-electron chi connectivity index (χ2n) is 4.97. The molecule has 0 fully saturated rings. The van der Waals surface area contributed by atoms with Crippen LogP contribution in [0.15, 0.2) is 48.7 Å². The molecule has 0 unspecified atom stereocenters. The zero-order chi connectivity index (χ0) is 17.6. The Balaban J connectivity index is 1.78. The third kappa shape index (κ3) is 4.17. The molecule has 0 aliphatic heterocycles. The van der Waals surface area contributed by atoms with Crippen molar-refractivity contribution >= 4 is 23.1 Å². The Morgan fingerprint density at radius 2 is 1.88 bits per heavy atom. The highest BCUT2D eigenvalue weighted by molar-refractivity contribution is 5.63. The molecule has 6 nitrogen and oxygen atoms in total. The Morgan fingerprint density at radius 3 is 2.68 bits per heavy atom. The van der Waals surface area contributed by atoms with Crippen LogP contribution >= 0.6 is 0 Å². The van der Waals surface area contributed by atoms with E-state index in [9.17, 15) is 8.78 Å². The topological polar surface area (TPSA) is 72.0 Å². The zero-order valence-electron chi connectivity index (χ0n) is 13.3. The fourth-order valence-corrected chi connectivity index (χ4v) is 2.11. The van der Waals surface area contributed by atoms with Gasteiger partial charge in [-0.2, -0.15) is 10.1 Å². The monoisotopic (exact) mass is 343 g/mol. The van der Waals surface area contributed by atoms with Crippen LogP contribution in [0.3, 0.4) is 0 Å². The van der Waals surface area contributed by atoms with Gasteiger partial charge in [0.25, 0.3) is 0 Å². The molecule has 0 spiro atoms. The number of rotatable bonds is 6. The molecule has 0 bridgehead atoms. The predicted octanol–water partition coefficient (Wildman–Crippen LogP) is 4.04. The van der Waals surface area contributed by atoms with Crippen molar-refractivity contribution in [2.75, 3.05) is 17.2 Å². The molecule has 0 aliphatic rings. The number of halogens is 2. The van der Waals surface area contributed by atoms with Crippen molar-refractivity contribution in [3.63, 3.8) is 0 Å². The first-order valence-corrected chi connectivity index (χ1v) is 7.56. The summed E-state index contributed by atoms with van der Waals surface area (Å²) < 4.78 is 31.8. The molecule has 0 radical (unpaired) electrons. The maximum Gasteiger partial charge on any atom is 0.249 e. The second kappa shape index (κ2) is 7.52. The highest BCUT2D eigenvalue weighted by atomic mass is 19.2. The number of nitrogens with one attached hydrogen (secondary N) is 2. The lowest BCUT2D eigenvalue weighted by atomic mass is 10.3. The van der Waals surface area contributed by atoms with Crippen molar-refractivity contribution in [1.82, 2.24) is 15.2 Å². The van der Waals surface area contributed by atoms with Crippen LogP contribution in [0.25, 0.3) is 0 Å². The molecule has 1 aromatic heterocycles. The second-order valence-corrected chi connectivity index (χ2v) is 4.97. The van der Waals surface area contributed by atoms with Crippen molar-refractivity contribution in [3.05, 3.63) is 60.3 Å². The number of para-hydroxylation sites is 2. The first kappa shape index (κ1) is 16.6. The average Bonchev–Trinajstić information content (AvgIpc) is 2.61. The van der Waals surface area contributed by atoms with Gasteiger partial charge in [0.15, 0.2) is 17.5 Å². The summed E-state index contributed by atoms with van der Waals surface area (Å²) >= 11 is 0. The Bertz CT molecular complexity index is 875. The SMILES string of the molecule is CCOc1ccccc1Nc1nncc(Nc2ccc(F)c(F)c2)n1. The van der Waals surface area contributed by atoms with Gasteiger partial charge in [0.1, 0.15) is 5.75 Å². The molecule has 0 saturated carbocycles. The van der Waals surface area contributed by atoms with E-state index in [2.05, 4.69) is 25.8 Å². The molecule has 2 N–H and O–H groups in total. The van der Waals surface area contributed by atoms with E-state index in [1.165, 1.54) is 12.3 Å². The zero-order valence-corrected chi connectivity index (χ0v) is 13.3. The van der Waals surface area contributed by atoms with Crippen LogP contribution in [-0.2, 0) is 0 Å². The maximum absolute atomic E-state index is 13.3. The lowest BCUT2D eigenvalue weighted by Crippen LogP contribution is -2.04. The van der Waals surface area contributed by atoms with Gasteiger partial charge in [0, 0.05) is 11.8 Å². The molecule has 0 aliphatic carbocycles. The molecule has 128 valence electrons. The Kier molecular flexibility index (Phi) is 4.98. The fraction of sp³-hybridized carbons (Fsp3) is 0.118. The van der Waals surface area contributed by atoms with Crippen LogP contribution in [0.1, 0.15) is 6.92 Å². The number of nitrogens with zero attached hydrogens (tertiary/aromatic N) is 3. The molecule has 2 aromatic carbocycles. The summed E-state index contributed by atoms with van der Waals surface area (Å²) in [6, 6.07) is 10.8. The third-order valence-corrected chi connectivity index (χ3v) is 3.18. The summed E-state index contributed by atoms with van der Waals surface area (Å²) in [7, 11) is 0. The summed E-state index contributed by atoms with van der Waals surface area (Å²) in [5.41, 5.74) is 1.04. The van der Waals surface area contributed by atoms with Crippen molar-refractivity contribution in [2.24, 2.45) is 0 Å². The van der Waals surface area contributed by atoms with E-state index in [1.807, 2.05) is 31.2 Å². The van der Waals surface area contributed by atoms with Gasteiger partial charge in [-0.3, -0.25) is 0 Å². The lowest BCUT2D eigenvalue weighted by molar-refractivity contribution is 0.342. The van der Waals surface area contributed by atoms with E-state index < -0.39 is 11.6 Å². The van der Waals surface area contributed by atoms with Crippen LogP contribution in [0.2, 0.25) is 0 Å². The van der Waals surface area contributed by atoms with Gasteiger partial charge < -0.3 is 15.4 Å². The number of hydrogen-bond donors (Lipinski definition) is 2. The van der Waals surface area contributed by atoms with E-state index in [0.717, 1.165) is 12.1 Å². The first-order valence-electron chi connectivity index (χ1n) is 7.56. The highest BCUT2D eigenvalue weighted by Crippen LogP contribution is 2.26. The normalized spacial score (nSPS) is 10.4. The maximum atomic E-state index is 13.3. The first-order chi connectivity index (χ1) is 12.2. The summed E-state index contributed by atoms with van der Waals surface area (Å²) in [5.74, 6) is -0.637. The number of benzene rings is 2. The number of hydrogen-bond acceptors (Lipinski definition) is 6. The van der Waals surface area contributed by atoms with Crippen LogP contribution in [0, 0.1) is 11.6 Å². The summed E-state index contributed by atoms with van der Waals surface area (Å²) in [4.78, 5) is 4.25. The lowest BCUT2D eigenvalue weighted by Gasteiger charge is -2.11. The Labute approximate surface area is 142 Å². The quantitative estimate of drug-likeness (QED) is 0.704. The van der Waals surface area contributed by atoms with Crippen LogP contribution < -0.4 is 15.4 Å². The van der Waals surface area contributed by atoms with E-state index >= 15 is 0 Å². The minimum Gasteiger partial charge on any atom is -0.492 e. The minimum absolute atomic E-state index is 0.236. The number of ether oxygens (including phenoxy) is 1. The van der Waals surface area contributed by atoms with Crippen molar-refractivity contribution in [1.29, 1.82) is 0 Å². The van der Waals surface area contributed by atoms with Gasteiger partial charge in [-0.25, -0.2) is 8.78 Å². The molecule has 25 heavy (non-hydrogen) atoms. The molecule has 3 rings (SSSR count). The van der Waals surface area contributed by atoms with E-state index in [0.29, 0.717) is 29.5 Å². The van der Waals surface area contributed by atoms with Gasteiger partial charge >= 0.3 is 0 Å². The van der Waals surface area contributed by atoms with Crippen molar-refractivity contribution < 1.29 is 13.5 Å². The number of aromatic nitrogens is 3. The predicted molar refractivity (Wildman–Crippen MR) is 90.4 cm³/mol. The molecular weight excluding hydrogens is 328 g/mol. The van der Waals surface area contributed by atoms with Crippen LogP contribution in [-0.4, -0.2) is 21.8 Å². The molecule has 0 amide bonds. The van der Waals surface area contributed by atoms with E-state index in [1.54, 1.807) is 0 Å². The minimum atomic E-state index is -0.948. The third-order valence-electron chi connectivity index (χ3n) is 3.18. The van der Waals surface area contributed by atoms with Crippen molar-refractivity contribution in [2.45, 2.75) is 6.92 Å². The Morgan fingerprint density at radius 1 is 1.04 bits per heavy atom. The van der Waals surface area contributed by atoms with E-state index in [-0.39, 0.29) is 5.95 Å². The standard InChI is InChI=1S/C17H15F2N5O/c1-2-25-15-6-4-3-5-14(15)22-17-23-16(10-20-24-17)21-11-7-8-12(18)13(19)9-11/h3-10H,2H2,1H3,(H2,21,22,23,24). The summed E-state index contributed by atoms with van der Waals surface area (Å²) in [6.07, 6.45) is 1.38. The fourth-order valence-electron chi connectivity index (χ4n) is 2.11. The van der Waals surface area contributed by atoms with Gasteiger partial charge in [0.05, 0.1) is 18.5 Å². The van der Waals surface area contributed by atoms with Gasteiger partial charge in [-0.1, -0.05) is 12.1 Å². The smallest absolute Gasteiger partial charge is 0.249 e. The summed E-state index contributed by atoms with van der Waals surface area (Å²) in [5, 5.41) is 13.6. The average molecular weight is 343 g/mol. The largest absolute Gasteiger partial charge is 0.492 e. The van der Waals surface area contributed by atoms with Gasteiger partial charge in [0.2, 0.25) is 5.95 Å². The van der Waals surface area contributed by atoms with Crippen molar-refractivity contribution in [3.8, 4) is 5.75 Å². The molecule has 8 heteroatoms. The molecule has 0 atom stereocenters. The Hall–Kier alpha value is -3.29.